The van der Waals surface area contributed by atoms with Crippen LogP contribution in [0.3, 0.4) is 0 Å². The summed E-state index contributed by atoms with van der Waals surface area (Å²) >= 11 is 1.66. The summed E-state index contributed by atoms with van der Waals surface area (Å²) in [7, 11) is 0. The van der Waals surface area contributed by atoms with Gasteiger partial charge in [0.1, 0.15) is 0 Å². The second-order valence-electron chi connectivity index (χ2n) is 4.41. The second kappa shape index (κ2) is 5.08. The summed E-state index contributed by atoms with van der Waals surface area (Å²) < 4.78 is 1.85. The molecule has 0 saturated carbocycles. The van der Waals surface area contributed by atoms with Crippen LogP contribution in [0.25, 0.3) is 5.52 Å². The Hall–Kier alpha value is -1.76. The van der Waals surface area contributed by atoms with Crippen molar-refractivity contribution in [3.8, 4) is 0 Å². The topological polar surface area (TPSA) is 68.2 Å². The summed E-state index contributed by atoms with van der Waals surface area (Å²) in [6, 6.07) is 6.01. The van der Waals surface area contributed by atoms with Crippen LogP contribution in [-0.2, 0) is 6.42 Å². The van der Waals surface area contributed by atoms with Crippen LogP contribution in [-0.4, -0.2) is 14.6 Å². The predicted molar refractivity (Wildman–Crippen MR) is 75.8 cm³/mol. The highest BCUT2D eigenvalue weighted by atomic mass is 32.1. The largest absolute Gasteiger partial charge is 0.271 e. The van der Waals surface area contributed by atoms with Crippen molar-refractivity contribution in [3.05, 3.63) is 52.2 Å². The molecule has 0 aromatic carbocycles. The maximum Gasteiger partial charge on any atom is 0.0897 e. The number of aryl methyl sites for hydroxylation is 1. The molecule has 3 N–H and O–H groups in total. The number of aromatic nitrogens is 3. The first-order valence-corrected chi connectivity index (χ1v) is 6.95. The number of nitrogens with one attached hydrogen (secondary N) is 1. The smallest absolute Gasteiger partial charge is 0.0897 e. The highest BCUT2D eigenvalue weighted by Gasteiger charge is 2.16. The SMILES string of the molecule is Cc1nc(CC(NN)c2cnn3ccccc23)cs1. The molecular weight excluding hydrogens is 258 g/mol. The maximum atomic E-state index is 5.70. The number of thiazole rings is 1. The minimum Gasteiger partial charge on any atom is -0.271 e. The van der Waals surface area contributed by atoms with Gasteiger partial charge in [0, 0.05) is 23.6 Å². The number of nitrogens with zero attached hydrogens (tertiary/aromatic N) is 3. The summed E-state index contributed by atoms with van der Waals surface area (Å²) in [5, 5.41) is 7.49. The van der Waals surface area contributed by atoms with E-state index in [1.165, 1.54) is 0 Å². The second-order valence-corrected chi connectivity index (χ2v) is 5.47. The fraction of sp³-hybridized carbons (Fsp3) is 0.231. The number of rotatable bonds is 4. The average molecular weight is 273 g/mol. The van der Waals surface area contributed by atoms with Crippen molar-refractivity contribution in [2.45, 2.75) is 19.4 Å². The van der Waals surface area contributed by atoms with Crippen LogP contribution < -0.4 is 11.3 Å². The van der Waals surface area contributed by atoms with Gasteiger partial charge < -0.3 is 0 Å². The van der Waals surface area contributed by atoms with Crippen molar-refractivity contribution < 1.29 is 0 Å². The van der Waals surface area contributed by atoms with E-state index in [9.17, 15) is 0 Å². The van der Waals surface area contributed by atoms with E-state index < -0.39 is 0 Å². The Kier molecular flexibility index (Phi) is 3.29. The van der Waals surface area contributed by atoms with Gasteiger partial charge in [-0.3, -0.25) is 11.3 Å². The number of nitrogens with two attached hydrogens (primary N) is 1. The lowest BCUT2D eigenvalue weighted by Gasteiger charge is -2.13. The van der Waals surface area contributed by atoms with Gasteiger partial charge in [-0.2, -0.15) is 5.10 Å². The van der Waals surface area contributed by atoms with E-state index >= 15 is 0 Å². The molecule has 5 nitrogen and oxygen atoms in total. The Labute approximate surface area is 115 Å². The van der Waals surface area contributed by atoms with Crippen LogP contribution in [0, 0.1) is 6.92 Å². The lowest BCUT2D eigenvalue weighted by Crippen LogP contribution is -2.29. The zero-order valence-electron chi connectivity index (χ0n) is 10.6. The van der Waals surface area contributed by atoms with Crippen LogP contribution in [0.15, 0.2) is 36.0 Å². The Bertz CT molecular complexity index is 687. The third-order valence-electron chi connectivity index (χ3n) is 3.11. The molecule has 0 fully saturated rings. The van der Waals surface area contributed by atoms with E-state index in [4.69, 9.17) is 5.84 Å². The Morgan fingerprint density at radius 2 is 2.37 bits per heavy atom. The molecule has 3 rings (SSSR count). The van der Waals surface area contributed by atoms with Gasteiger partial charge in [-0.1, -0.05) is 6.07 Å². The minimum absolute atomic E-state index is 0.0152. The first kappa shape index (κ1) is 12.3. The molecule has 1 unspecified atom stereocenters. The molecule has 0 bridgehead atoms. The van der Waals surface area contributed by atoms with Crippen molar-refractivity contribution in [1.82, 2.24) is 20.0 Å². The van der Waals surface area contributed by atoms with Crippen molar-refractivity contribution in [3.63, 3.8) is 0 Å². The van der Waals surface area contributed by atoms with Crippen molar-refractivity contribution in [1.29, 1.82) is 0 Å². The summed E-state index contributed by atoms with van der Waals surface area (Å²) in [6.45, 7) is 2.01. The van der Waals surface area contributed by atoms with Gasteiger partial charge in [-0.25, -0.2) is 9.50 Å². The summed E-state index contributed by atoms with van der Waals surface area (Å²) in [4.78, 5) is 4.48. The highest BCUT2D eigenvalue weighted by molar-refractivity contribution is 7.09. The molecule has 0 radical (unpaired) electrons. The molecule has 3 heterocycles. The molecule has 0 amide bonds. The van der Waals surface area contributed by atoms with Crippen LogP contribution in [0.2, 0.25) is 0 Å². The van der Waals surface area contributed by atoms with Crippen molar-refractivity contribution in [2.24, 2.45) is 5.84 Å². The quantitative estimate of drug-likeness (QED) is 0.562. The van der Waals surface area contributed by atoms with Crippen LogP contribution in [0.5, 0.6) is 0 Å². The summed E-state index contributed by atoms with van der Waals surface area (Å²) in [6.07, 6.45) is 4.55. The normalized spacial score (nSPS) is 12.9. The molecule has 98 valence electrons. The molecule has 0 aliphatic carbocycles. The zero-order chi connectivity index (χ0) is 13.2. The monoisotopic (exact) mass is 273 g/mol. The van der Waals surface area contributed by atoms with Gasteiger partial charge in [-0.15, -0.1) is 11.3 Å². The Balaban J connectivity index is 1.93. The van der Waals surface area contributed by atoms with Crippen LogP contribution in [0.4, 0.5) is 0 Å². The van der Waals surface area contributed by atoms with Gasteiger partial charge in [0.05, 0.1) is 28.5 Å². The number of fused-ring (bicyclic) bond motifs is 1. The van der Waals surface area contributed by atoms with Crippen LogP contribution >= 0.6 is 11.3 Å². The van der Waals surface area contributed by atoms with E-state index in [0.717, 1.165) is 28.2 Å². The Morgan fingerprint density at radius 1 is 1.47 bits per heavy atom. The number of pyridine rings is 1. The van der Waals surface area contributed by atoms with E-state index in [-0.39, 0.29) is 6.04 Å². The molecule has 0 saturated heterocycles. The first-order chi connectivity index (χ1) is 9.28. The molecular formula is C13H15N5S. The van der Waals surface area contributed by atoms with Gasteiger partial charge in [0.25, 0.3) is 0 Å². The summed E-state index contributed by atoms with van der Waals surface area (Å²) in [5.41, 5.74) is 6.08. The third kappa shape index (κ3) is 2.37. The Morgan fingerprint density at radius 3 is 3.11 bits per heavy atom. The molecule has 0 aliphatic heterocycles. The van der Waals surface area contributed by atoms with Gasteiger partial charge in [0.15, 0.2) is 0 Å². The van der Waals surface area contributed by atoms with E-state index in [1.807, 2.05) is 42.0 Å². The highest BCUT2D eigenvalue weighted by Crippen LogP contribution is 2.22. The summed E-state index contributed by atoms with van der Waals surface area (Å²) in [5.74, 6) is 5.70. The van der Waals surface area contributed by atoms with Gasteiger partial charge in [-0.05, 0) is 19.1 Å². The molecule has 3 aromatic rings. The molecule has 1 atom stereocenters. The fourth-order valence-corrected chi connectivity index (χ4v) is 2.82. The van der Waals surface area contributed by atoms with Gasteiger partial charge in [0.2, 0.25) is 0 Å². The van der Waals surface area contributed by atoms with Crippen molar-refractivity contribution in [2.75, 3.05) is 0 Å². The minimum atomic E-state index is 0.0152. The zero-order valence-corrected chi connectivity index (χ0v) is 11.4. The van der Waals surface area contributed by atoms with Crippen LogP contribution in [0.1, 0.15) is 22.3 Å². The number of hydrogen-bond acceptors (Lipinski definition) is 5. The molecule has 6 heteroatoms. The maximum absolute atomic E-state index is 5.70. The number of hydrogen-bond donors (Lipinski definition) is 2. The lowest BCUT2D eigenvalue weighted by molar-refractivity contribution is 0.550. The predicted octanol–water partition coefficient (Wildman–Crippen LogP) is 1.85. The number of hydrazine groups is 1. The lowest BCUT2D eigenvalue weighted by atomic mass is 10.0. The molecule has 0 spiro atoms. The first-order valence-electron chi connectivity index (χ1n) is 6.07. The molecule has 0 aliphatic rings. The third-order valence-corrected chi connectivity index (χ3v) is 3.94. The standard InChI is InChI=1S/C13H15N5S/c1-9-16-10(8-19-9)6-12(17-14)11-7-15-18-5-3-2-4-13(11)18/h2-5,7-8,12,17H,6,14H2,1H3. The van der Waals surface area contributed by atoms with Crippen molar-refractivity contribution >= 4 is 16.9 Å². The average Bonchev–Trinajstić information content (AvgIpc) is 3.02. The molecule has 3 aromatic heterocycles. The fourth-order valence-electron chi connectivity index (χ4n) is 2.19. The van der Waals surface area contributed by atoms with E-state index in [1.54, 1.807) is 11.3 Å². The van der Waals surface area contributed by atoms with E-state index in [2.05, 4.69) is 20.9 Å². The van der Waals surface area contributed by atoms with E-state index in [0.29, 0.717) is 0 Å². The van der Waals surface area contributed by atoms with Gasteiger partial charge >= 0.3 is 0 Å². The molecule has 19 heavy (non-hydrogen) atoms.